The van der Waals surface area contributed by atoms with Crippen LogP contribution >= 0.6 is 15.9 Å². The van der Waals surface area contributed by atoms with E-state index in [0.29, 0.717) is 16.1 Å². The van der Waals surface area contributed by atoms with Crippen molar-refractivity contribution < 1.29 is 4.52 Å². The van der Waals surface area contributed by atoms with Crippen LogP contribution in [0.3, 0.4) is 0 Å². The first-order valence-corrected chi connectivity index (χ1v) is 4.81. The number of hydrogen-bond acceptors (Lipinski definition) is 4. The third-order valence-electron chi connectivity index (χ3n) is 1.92. The number of aromatic nitrogens is 2. The Hall–Kier alpha value is -1.36. The molecule has 0 saturated heterocycles. The molecule has 0 spiro atoms. The van der Waals surface area contributed by atoms with E-state index >= 15 is 0 Å². The number of nitrogens with two attached hydrogens (primary N) is 1. The van der Waals surface area contributed by atoms with Crippen LogP contribution < -0.4 is 5.73 Å². The summed E-state index contributed by atoms with van der Waals surface area (Å²) < 4.78 is 5.80. The van der Waals surface area contributed by atoms with Crippen molar-refractivity contribution in [2.24, 2.45) is 0 Å². The van der Waals surface area contributed by atoms with Crippen LogP contribution in [0.1, 0.15) is 5.56 Å². The van der Waals surface area contributed by atoms with Gasteiger partial charge < -0.3 is 10.3 Å². The van der Waals surface area contributed by atoms with Gasteiger partial charge in [-0.25, -0.2) is 0 Å². The quantitative estimate of drug-likeness (QED) is 0.848. The third-order valence-corrected chi connectivity index (χ3v) is 2.69. The molecule has 0 aliphatic rings. The highest BCUT2D eigenvalue weighted by molar-refractivity contribution is 9.10. The van der Waals surface area contributed by atoms with Crippen molar-refractivity contribution in [2.45, 2.75) is 6.92 Å². The van der Waals surface area contributed by atoms with Crippen LogP contribution in [0.25, 0.3) is 11.3 Å². The van der Waals surface area contributed by atoms with Gasteiger partial charge in [0, 0.05) is 18.0 Å². The lowest BCUT2D eigenvalue weighted by molar-refractivity contribution is 0.435. The molecule has 14 heavy (non-hydrogen) atoms. The Bertz CT molecular complexity index is 467. The number of hydrogen-bond donors (Lipinski definition) is 1. The van der Waals surface area contributed by atoms with Gasteiger partial charge in [0.1, 0.15) is 4.47 Å². The molecule has 0 fully saturated rings. The Labute approximate surface area is 89.2 Å². The van der Waals surface area contributed by atoms with Crippen molar-refractivity contribution in [3.63, 3.8) is 0 Å². The predicted octanol–water partition coefficient (Wildman–Crippen LogP) is 2.39. The van der Waals surface area contributed by atoms with Crippen molar-refractivity contribution in [1.29, 1.82) is 0 Å². The minimum Gasteiger partial charge on any atom is -0.380 e. The average molecular weight is 254 g/mol. The van der Waals surface area contributed by atoms with E-state index < -0.39 is 0 Å². The lowest BCUT2D eigenvalue weighted by Gasteiger charge is -1.99. The van der Waals surface area contributed by atoms with Gasteiger partial charge in [0.25, 0.3) is 0 Å². The van der Waals surface area contributed by atoms with Crippen LogP contribution in [0.4, 0.5) is 5.82 Å². The SMILES string of the molecule is Cc1cnccc1-c1onc(N)c1Br. The van der Waals surface area contributed by atoms with E-state index in [-0.39, 0.29) is 0 Å². The van der Waals surface area contributed by atoms with E-state index in [9.17, 15) is 0 Å². The number of halogens is 1. The van der Waals surface area contributed by atoms with E-state index in [4.69, 9.17) is 10.3 Å². The molecule has 0 aliphatic carbocycles. The lowest BCUT2D eigenvalue weighted by Crippen LogP contribution is -1.85. The molecule has 0 bridgehead atoms. The molecule has 2 aromatic heterocycles. The summed E-state index contributed by atoms with van der Waals surface area (Å²) in [6.07, 6.45) is 3.47. The van der Waals surface area contributed by atoms with Crippen molar-refractivity contribution in [3.8, 4) is 11.3 Å². The van der Waals surface area contributed by atoms with Crippen molar-refractivity contribution in [2.75, 3.05) is 5.73 Å². The molecule has 2 aromatic rings. The maximum absolute atomic E-state index is 5.56. The first-order chi connectivity index (χ1) is 6.70. The fourth-order valence-corrected chi connectivity index (χ4v) is 1.55. The van der Waals surface area contributed by atoms with E-state index in [1.165, 1.54) is 0 Å². The smallest absolute Gasteiger partial charge is 0.183 e. The van der Waals surface area contributed by atoms with E-state index in [2.05, 4.69) is 26.1 Å². The molecule has 4 nitrogen and oxygen atoms in total. The fourth-order valence-electron chi connectivity index (χ4n) is 1.19. The average Bonchev–Trinajstić information content (AvgIpc) is 2.49. The zero-order chi connectivity index (χ0) is 10.1. The molecule has 5 heteroatoms. The Kier molecular flexibility index (Phi) is 2.25. The maximum Gasteiger partial charge on any atom is 0.183 e. The second-order valence-corrected chi connectivity index (χ2v) is 3.69. The Morgan fingerprint density at radius 1 is 1.50 bits per heavy atom. The van der Waals surface area contributed by atoms with Crippen molar-refractivity contribution in [3.05, 3.63) is 28.5 Å². The molecule has 2 rings (SSSR count). The molecular formula is C9H8BrN3O. The Morgan fingerprint density at radius 3 is 2.86 bits per heavy atom. The van der Waals surface area contributed by atoms with E-state index in [1.54, 1.807) is 12.4 Å². The molecule has 2 N–H and O–H groups in total. The zero-order valence-corrected chi connectivity index (χ0v) is 9.08. The lowest BCUT2D eigenvalue weighted by atomic mass is 10.1. The van der Waals surface area contributed by atoms with Gasteiger partial charge in [-0.05, 0) is 34.5 Å². The predicted molar refractivity (Wildman–Crippen MR) is 56.6 cm³/mol. The van der Waals surface area contributed by atoms with Gasteiger partial charge in [-0.3, -0.25) is 4.98 Å². The second kappa shape index (κ2) is 3.42. The molecule has 2 heterocycles. The summed E-state index contributed by atoms with van der Waals surface area (Å²) in [5.41, 5.74) is 7.52. The van der Waals surface area contributed by atoms with Gasteiger partial charge >= 0.3 is 0 Å². The monoisotopic (exact) mass is 253 g/mol. The van der Waals surface area contributed by atoms with Crippen LogP contribution in [-0.2, 0) is 0 Å². The summed E-state index contributed by atoms with van der Waals surface area (Å²) in [6, 6.07) is 1.86. The summed E-state index contributed by atoms with van der Waals surface area (Å²) >= 11 is 3.32. The van der Waals surface area contributed by atoms with Gasteiger partial charge in [0.15, 0.2) is 11.6 Å². The number of rotatable bonds is 1. The molecule has 0 aromatic carbocycles. The van der Waals surface area contributed by atoms with Gasteiger partial charge in [-0.2, -0.15) is 0 Å². The number of nitrogens with zero attached hydrogens (tertiary/aromatic N) is 2. The van der Waals surface area contributed by atoms with Crippen LogP contribution in [-0.4, -0.2) is 10.1 Å². The fraction of sp³-hybridized carbons (Fsp3) is 0.111. The highest BCUT2D eigenvalue weighted by atomic mass is 79.9. The molecular weight excluding hydrogens is 246 g/mol. The van der Waals surface area contributed by atoms with E-state index in [1.807, 2.05) is 13.0 Å². The summed E-state index contributed by atoms with van der Waals surface area (Å²) in [5, 5.41) is 3.67. The first kappa shape index (κ1) is 9.21. The zero-order valence-electron chi connectivity index (χ0n) is 7.49. The van der Waals surface area contributed by atoms with E-state index in [0.717, 1.165) is 11.1 Å². The summed E-state index contributed by atoms with van der Waals surface area (Å²) in [6.45, 7) is 1.95. The maximum atomic E-state index is 5.56. The molecule has 0 aliphatic heterocycles. The molecule has 0 atom stereocenters. The highest BCUT2D eigenvalue weighted by Gasteiger charge is 2.14. The summed E-state index contributed by atoms with van der Waals surface area (Å²) in [7, 11) is 0. The van der Waals surface area contributed by atoms with Gasteiger partial charge in [-0.1, -0.05) is 5.16 Å². The first-order valence-electron chi connectivity index (χ1n) is 4.02. The van der Waals surface area contributed by atoms with Crippen LogP contribution in [0, 0.1) is 6.92 Å². The normalized spacial score (nSPS) is 10.4. The number of anilines is 1. The molecule has 72 valence electrons. The number of pyridine rings is 1. The summed E-state index contributed by atoms with van der Waals surface area (Å²) in [4.78, 5) is 4.00. The molecule has 0 amide bonds. The third kappa shape index (κ3) is 1.39. The van der Waals surface area contributed by atoms with Crippen LogP contribution in [0.2, 0.25) is 0 Å². The molecule has 0 saturated carbocycles. The molecule has 0 unspecified atom stereocenters. The van der Waals surface area contributed by atoms with Crippen molar-refractivity contribution in [1.82, 2.24) is 10.1 Å². The van der Waals surface area contributed by atoms with Crippen molar-refractivity contribution >= 4 is 21.7 Å². The number of aryl methyl sites for hydroxylation is 1. The second-order valence-electron chi connectivity index (χ2n) is 2.90. The molecule has 0 radical (unpaired) electrons. The summed E-state index contributed by atoms with van der Waals surface area (Å²) in [5.74, 6) is 0.999. The Morgan fingerprint density at radius 2 is 2.29 bits per heavy atom. The van der Waals surface area contributed by atoms with Crippen LogP contribution in [0.5, 0.6) is 0 Å². The van der Waals surface area contributed by atoms with Gasteiger partial charge in [-0.15, -0.1) is 0 Å². The minimum atomic E-state index is 0.358. The topological polar surface area (TPSA) is 64.9 Å². The highest BCUT2D eigenvalue weighted by Crippen LogP contribution is 2.33. The van der Waals surface area contributed by atoms with Gasteiger partial charge in [0.2, 0.25) is 0 Å². The number of nitrogen functional groups attached to an aromatic ring is 1. The largest absolute Gasteiger partial charge is 0.380 e. The Balaban J connectivity index is 2.60. The van der Waals surface area contributed by atoms with Crippen LogP contribution in [0.15, 0.2) is 27.5 Å². The standard InChI is InChI=1S/C9H8BrN3O/c1-5-4-12-3-2-6(5)8-7(10)9(11)13-14-8/h2-4H,1H3,(H2,11,13). The minimum absolute atomic E-state index is 0.358. The van der Waals surface area contributed by atoms with Gasteiger partial charge in [0.05, 0.1) is 0 Å².